The molecule has 0 aliphatic rings. The van der Waals surface area contributed by atoms with Crippen LogP contribution in [-0.4, -0.2) is 31.7 Å². The van der Waals surface area contributed by atoms with Crippen molar-refractivity contribution >= 4 is 27.8 Å². The number of benzene rings is 3. The molecular formula is C30H32N4O3S. The molecule has 8 heteroatoms. The van der Waals surface area contributed by atoms with Crippen molar-refractivity contribution < 1.29 is 13.2 Å². The molecule has 0 saturated carbocycles. The lowest BCUT2D eigenvalue weighted by Crippen LogP contribution is -2.39. The third-order valence-corrected chi connectivity index (χ3v) is 8.13. The molecule has 0 aliphatic carbocycles. The zero-order valence-corrected chi connectivity index (χ0v) is 22.8. The van der Waals surface area contributed by atoms with Crippen molar-refractivity contribution in [2.45, 2.75) is 38.5 Å². The van der Waals surface area contributed by atoms with E-state index in [4.69, 9.17) is 0 Å². The highest BCUT2D eigenvalue weighted by Crippen LogP contribution is 2.26. The fourth-order valence-corrected chi connectivity index (χ4v) is 5.73. The zero-order chi connectivity index (χ0) is 27.3. The Kier molecular flexibility index (Phi) is 8.12. The number of anilines is 1. The van der Waals surface area contributed by atoms with Gasteiger partial charge in [-0.15, -0.1) is 0 Å². The fourth-order valence-electron chi connectivity index (χ4n) is 4.29. The molecule has 0 fully saturated rings. The Morgan fingerprint density at radius 2 is 1.55 bits per heavy atom. The smallest absolute Gasteiger partial charge is 0.264 e. The molecule has 3 aromatic carbocycles. The van der Waals surface area contributed by atoms with Gasteiger partial charge in [-0.05, 0) is 67.8 Å². The average molecular weight is 529 g/mol. The molecule has 1 N–H and O–H groups in total. The van der Waals surface area contributed by atoms with Crippen molar-refractivity contribution in [1.82, 2.24) is 9.99 Å². The van der Waals surface area contributed by atoms with Gasteiger partial charge in [0.15, 0.2) is 0 Å². The summed E-state index contributed by atoms with van der Waals surface area (Å²) in [6.45, 7) is 7.70. The predicted octanol–water partition coefficient (Wildman–Crippen LogP) is 5.56. The number of aromatic nitrogens is 1. The van der Waals surface area contributed by atoms with Gasteiger partial charge < -0.3 is 4.57 Å². The van der Waals surface area contributed by atoms with Crippen LogP contribution in [-0.2, 0) is 14.8 Å². The third kappa shape index (κ3) is 5.86. The first-order valence-electron chi connectivity index (χ1n) is 12.4. The molecule has 1 amide bonds. The summed E-state index contributed by atoms with van der Waals surface area (Å²) in [6.07, 6.45) is 1.58. The van der Waals surface area contributed by atoms with Crippen molar-refractivity contribution in [3.8, 4) is 5.69 Å². The van der Waals surface area contributed by atoms with Gasteiger partial charge in [0.1, 0.15) is 6.54 Å². The lowest BCUT2D eigenvalue weighted by atomic mass is 10.0. The van der Waals surface area contributed by atoms with Crippen LogP contribution in [0, 0.1) is 13.8 Å². The molecule has 0 radical (unpaired) electrons. The van der Waals surface area contributed by atoms with E-state index >= 15 is 0 Å². The number of hydrazone groups is 1. The quantitative estimate of drug-likeness (QED) is 0.228. The number of para-hydroxylation sites is 1. The van der Waals surface area contributed by atoms with Gasteiger partial charge in [0.25, 0.3) is 15.9 Å². The van der Waals surface area contributed by atoms with E-state index in [2.05, 4.69) is 28.9 Å². The molecule has 38 heavy (non-hydrogen) atoms. The number of carbonyl (C=O) groups is 1. The molecule has 0 aliphatic heterocycles. The van der Waals surface area contributed by atoms with Gasteiger partial charge >= 0.3 is 0 Å². The van der Waals surface area contributed by atoms with Crippen LogP contribution in [0.2, 0.25) is 0 Å². The second-order valence-electron chi connectivity index (χ2n) is 9.36. The number of amides is 1. The van der Waals surface area contributed by atoms with E-state index in [9.17, 15) is 13.2 Å². The van der Waals surface area contributed by atoms with Crippen molar-refractivity contribution in [2.75, 3.05) is 10.8 Å². The normalized spacial score (nSPS) is 11.7. The fraction of sp³-hybridized carbons (Fsp3) is 0.200. The second-order valence-corrected chi connectivity index (χ2v) is 11.2. The summed E-state index contributed by atoms with van der Waals surface area (Å²) in [7, 11) is -3.98. The summed E-state index contributed by atoms with van der Waals surface area (Å²) in [6, 6.07) is 27.3. The third-order valence-electron chi connectivity index (χ3n) is 6.34. The van der Waals surface area contributed by atoms with Gasteiger partial charge in [-0.25, -0.2) is 13.8 Å². The van der Waals surface area contributed by atoms with Crippen LogP contribution < -0.4 is 9.73 Å². The van der Waals surface area contributed by atoms with E-state index in [0.29, 0.717) is 11.6 Å². The van der Waals surface area contributed by atoms with Crippen molar-refractivity contribution in [3.05, 3.63) is 114 Å². The first kappa shape index (κ1) is 26.9. The molecule has 1 heterocycles. The largest absolute Gasteiger partial charge is 0.318 e. The Hall–Kier alpha value is -4.17. The number of rotatable bonds is 9. The van der Waals surface area contributed by atoms with Crippen LogP contribution in [0.25, 0.3) is 5.69 Å². The first-order chi connectivity index (χ1) is 18.2. The maximum absolute atomic E-state index is 13.5. The van der Waals surface area contributed by atoms with Crippen LogP contribution in [0.3, 0.4) is 0 Å². The highest BCUT2D eigenvalue weighted by molar-refractivity contribution is 7.92. The number of nitrogens with zero attached hydrogens (tertiary/aromatic N) is 3. The highest BCUT2D eigenvalue weighted by atomic mass is 32.2. The Morgan fingerprint density at radius 3 is 2.16 bits per heavy atom. The van der Waals surface area contributed by atoms with E-state index in [0.717, 1.165) is 32.5 Å². The number of hydrogen-bond acceptors (Lipinski definition) is 4. The Bertz CT molecular complexity index is 1530. The number of hydrogen-bond donors (Lipinski definition) is 1. The van der Waals surface area contributed by atoms with E-state index in [1.54, 1.807) is 36.5 Å². The van der Waals surface area contributed by atoms with Gasteiger partial charge in [0.2, 0.25) is 0 Å². The summed E-state index contributed by atoms with van der Waals surface area (Å²) in [5, 5.41) is 4.13. The van der Waals surface area contributed by atoms with Gasteiger partial charge in [-0.3, -0.25) is 9.10 Å². The maximum Gasteiger partial charge on any atom is 0.264 e. The topological polar surface area (TPSA) is 83.8 Å². The molecule has 4 rings (SSSR count). The Balaban J connectivity index is 1.55. The molecule has 196 valence electrons. The molecule has 0 atom stereocenters. The lowest BCUT2D eigenvalue weighted by molar-refractivity contribution is -0.119. The highest BCUT2D eigenvalue weighted by Gasteiger charge is 2.27. The van der Waals surface area contributed by atoms with E-state index in [1.165, 1.54) is 12.1 Å². The number of sulfonamides is 1. The summed E-state index contributed by atoms with van der Waals surface area (Å²) < 4.78 is 30.2. The summed E-state index contributed by atoms with van der Waals surface area (Å²) in [4.78, 5) is 13.0. The summed E-state index contributed by atoms with van der Waals surface area (Å²) in [5.41, 5.74) is 7.88. The van der Waals surface area contributed by atoms with Gasteiger partial charge in [-0.1, -0.05) is 62.4 Å². The van der Waals surface area contributed by atoms with Gasteiger partial charge in [-0.2, -0.15) is 5.10 Å². The molecule has 0 unspecified atom stereocenters. The predicted molar refractivity (Wildman–Crippen MR) is 152 cm³/mol. The minimum atomic E-state index is -3.98. The molecule has 7 nitrogen and oxygen atoms in total. The molecule has 0 bridgehead atoms. The van der Waals surface area contributed by atoms with Crippen LogP contribution in [0.15, 0.2) is 101 Å². The molecular weight excluding hydrogens is 496 g/mol. The minimum Gasteiger partial charge on any atom is -0.318 e. The van der Waals surface area contributed by atoms with Crippen molar-refractivity contribution in [3.63, 3.8) is 0 Å². The molecule has 0 saturated heterocycles. The maximum atomic E-state index is 13.5. The summed E-state index contributed by atoms with van der Waals surface area (Å²) in [5.74, 6) is -0.254. The van der Waals surface area contributed by atoms with Crippen molar-refractivity contribution in [1.29, 1.82) is 0 Å². The summed E-state index contributed by atoms with van der Waals surface area (Å²) >= 11 is 0. The Morgan fingerprint density at radius 1 is 0.947 bits per heavy atom. The standard InChI is InChI=1S/C30H32N4O3S/c1-22(2)25-15-17-27(18-16-25)33(38(36,37)29-13-9-6-10-14-29)21-30(35)32-31-20-26-19-23(3)34(24(26)4)28-11-7-5-8-12-28/h5-20,22H,21H2,1-4H3,(H,32,35)/b31-20+. The SMILES string of the molecule is Cc1cc(/C=N/NC(=O)CN(c2ccc(C(C)C)cc2)S(=O)(=O)c2ccccc2)c(C)n1-c1ccccc1. The molecule has 0 spiro atoms. The molecule has 4 aromatic rings. The number of aryl methyl sites for hydroxylation is 1. The number of carbonyl (C=O) groups excluding carboxylic acids is 1. The Labute approximate surface area is 224 Å². The first-order valence-corrected chi connectivity index (χ1v) is 13.9. The van der Waals surface area contributed by atoms with E-state index in [1.807, 2.05) is 62.4 Å². The van der Waals surface area contributed by atoms with Crippen LogP contribution in [0.5, 0.6) is 0 Å². The second kappa shape index (κ2) is 11.5. The lowest BCUT2D eigenvalue weighted by Gasteiger charge is -2.24. The van der Waals surface area contributed by atoms with Crippen LogP contribution in [0.1, 0.15) is 42.3 Å². The van der Waals surface area contributed by atoms with Gasteiger partial charge in [0.05, 0.1) is 16.8 Å². The van der Waals surface area contributed by atoms with Gasteiger partial charge in [0, 0.05) is 22.6 Å². The van der Waals surface area contributed by atoms with Crippen LogP contribution >= 0.6 is 0 Å². The van der Waals surface area contributed by atoms with Crippen LogP contribution in [0.4, 0.5) is 5.69 Å². The monoisotopic (exact) mass is 528 g/mol. The van der Waals surface area contributed by atoms with Crippen molar-refractivity contribution in [2.24, 2.45) is 5.10 Å². The van der Waals surface area contributed by atoms with E-state index in [-0.39, 0.29) is 4.90 Å². The zero-order valence-electron chi connectivity index (χ0n) is 22.0. The van der Waals surface area contributed by atoms with E-state index < -0.39 is 22.5 Å². The number of nitrogens with one attached hydrogen (secondary N) is 1. The minimum absolute atomic E-state index is 0.109. The molecule has 1 aromatic heterocycles. The average Bonchev–Trinajstić information content (AvgIpc) is 3.20.